The molecule has 4 heteroatoms. The number of ether oxygens (including phenoxy) is 1. The predicted molar refractivity (Wildman–Crippen MR) is 62.5 cm³/mol. The van der Waals surface area contributed by atoms with E-state index in [9.17, 15) is 4.79 Å². The molecule has 1 atom stereocenters. The number of carbonyl (C=O) groups excluding carboxylic acids is 1. The molecule has 1 aliphatic heterocycles. The molecule has 2 heterocycles. The van der Waals surface area contributed by atoms with E-state index in [4.69, 9.17) is 4.74 Å². The molecule has 0 saturated carbocycles. The van der Waals surface area contributed by atoms with Crippen molar-refractivity contribution < 1.29 is 9.53 Å². The lowest BCUT2D eigenvalue weighted by Gasteiger charge is -2.22. The molecular formula is C12H20N2O2. The monoisotopic (exact) mass is 224 g/mol. The van der Waals surface area contributed by atoms with E-state index in [2.05, 4.69) is 5.10 Å². The Morgan fingerprint density at radius 2 is 2.25 bits per heavy atom. The third kappa shape index (κ3) is 2.92. The molecule has 0 N–H and O–H groups in total. The molecule has 0 spiro atoms. The van der Waals surface area contributed by atoms with Gasteiger partial charge in [0.05, 0.1) is 11.3 Å². The quantitative estimate of drug-likeness (QED) is 0.725. The van der Waals surface area contributed by atoms with E-state index >= 15 is 0 Å². The van der Waals surface area contributed by atoms with Crippen LogP contribution >= 0.6 is 0 Å². The Hall–Kier alpha value is -1.16. The maximum Gasteiger partial charge on any atom is 0.153 e. The van der Waals surface area contributed by atoms with Gasteiger partial charge in [0, 0.05) is 12.8 Å². The van der Waals surface area contributed by atoms with Gasteiger partial charge in [-0.25, -0.2) is 4.68 Å². The summed E-state index contributed by atoms with van der Waals surface area (Å²) in [6.45, 7) is 6.63. The lowest BCUT2D eigenvalue weighted by molar-refractivity contribution is -0.0396. The Bertz CT molecular complexity index is 328. The Labute approximate surface area is 96.6 Å². The fraction of sp³-hybridized carbons (Fsp3) is 0.667. The van der Waals surface area contributed by atoms with Crippen LogP contribution in [0, 0.1) is 6.92 Å². The highest BCUT2D eigenvalue weighted by Crippen LogP contribution is 2.22. The number of hydrogen-bond donors (Lipinski definition) is 0. The van der Waals surface area contributed by atoms with Gasteiger partial charge in [-0.2, -0.15) is 5.10 Å². The van der Waals surface area contributed by atoms with Crippen molar-refractivity contribution in [1.29, 1.82) is 0 Å². The van der Waals surface area contributed by atoms with Crippen LogP contribution in [0.15, 0.2) is 6.20 Å². The average molecular weight is 224 g/mol. The zero-order valence-electron chi connectivity index (χ0n) is 10.3. The second-order valence-corrected chi connectivity index (χ2v) is 3.59. The first-order chi connectivity index (χ1) is 7.81. The van der Waals surface area contributed by atoms with Gasteiger partial charge in [-0.3, -0.25) is 4.79 Å². The van der Waals surface area contributed by atoms with Crippen molar-refractivity contribution in [3.8, 4) is 0 Å². The molecule has 1 aromatic heterocycles. The maximum atomic E-state index is 10.6. The lowest BCUT2D eigenvalue weighted by atomic mass is 10.2. The Morgan fingerprint density at radius 3 is 2.75 bits per heavy atom. The van der Waals surface area contributed by atoms with Gasteiger partial charge < -0.3 is 4.74 Å². The van der Waals surface area contributed by atoms with Crippen LogP contribution in [0.2, 0.25) is 0 Å². The summed E-state index contributed by atoms with van der Waals surface area (Å²) in [5.41, 5.74) is 1.42. The van der Waals surface area contributed by atoms with E-state index in [-0.39, 0.29) is 6.23 Å². The minimum Gasteiger partial charge on any atom is -0.357 e. The topological polar surface area (TPSA) is 44.1 Å². The number of aryl methyl sites for hydroxylation is 1. The first-order valence-electron chi connectivity index (χ1n) is 5.94. The van der Waals surface area contributed by atoms with Crippen molar-refractivity contribution in [3.63, 3.8) is 0 Å². The van der Waals surface area contributed by atoms with E-state index < -0.39 is 0 Å². The second kappa shape index (κ2) is 6.43. The summed E-state index contributed by atoms with van der Waals surface area (Å²) in [7, 11) is 0. The number of aromatic nitrogens is 2. The molecule has 1 saturated heterocycles. The average Bonchev–Trinajstić information content (AvgIpc) is 2.74. The van der Waals surface area contributed by atoms with Crippen LogP contribution in [-0.2, 0) is 4.74 Å². The molecule has 4 nitrogen and oxygen atoms in total. The van der Waals surface area contributed by atoms with E-state index in [1.54, 1.807) is 10.9 Å². The highest BCUT2D eigenvalue weighted by molar-refractivity contribution is 5.75. The zero-order chi connectivity index (χ0) is 12.0. The van der Waals surface area contributed by atoms with Gasteiger partial charge in [0.25, 0.3) is 0 Å². The van der Waals surface area contributed by atoms with E-state index in [0.29, 0.717) is 5.56 Å². The fourth-order valence-corrected chi connectivity index (χ4v) is 1.69. The van der Waals surface area contributed by atoms with Crippen molar-refractivity contribution in [2.75, 3.05) is 6.61 Å². The molecule has 1 unspecified atom stereocenters. The fourth-order valence-electron chi connectivity index (χ4n) is 1.69. The van der Waals surface area contributed by atoms with Crippen molar-refractivity contribution >= 4 is 6.29 Å². The van der Waals surface area contributed by atoms with Crippen LogP contribution in [0.1, 0.15) is 55.4 Å². The largest absolute Gasteiger partial charge is 0.357 e. The number of aldehydes is 1. The van der Waals surface area contributed by atoms with Crippen molar-refractivity contribution in [2.45, 2.75) is 46.3 Å². The molecule has 0 radical (unpaired) electrons. The van der Waals surface area contributed by atoms with Crippen molar-refractivity contribution in [1.82, 2.24) is 9.78 Å². The van der Waals surface area contributed by atoms with Crippen LogP contribution in [0.3, 0.4) is 0 Å². The number of hydrogen-bond acceptors (Lipinski definition) is 3. The first-order valence-corrected chi connectivity index (χ1v) is 5.94. The van der Waals surface area contributed by atoms with Gasteiger partial charge in [0.2, 0.25) is 0 Å². The molecule has 16 heavy (non-hydrogen) atoms. The molecule has 2 rings (SSSR count). The molecule has 0 aromatic carbocycles. The minimum absolute atomic E-state index is 0.0242. The molecule has 0 aliphatic carbocycles. The second-order valence-electron chi connectivity index (χ2n) is 3.59. The standard InChI is InChI=1S/C10H14N2O2.C2H6/c1-8-9(7-13)6-12(11-8)10-4-2-3-5-14-10;1-2/h6-7,10H,2-5H2,1H3;1-2H3. The normalized spacial score (nSPS) is 19.8. The summed E-state index contributed by atoms with van der Waals surface area (Å²) in [6, 6.07) is 0. The smallest absolute Gasteiger partial charge is 0.153 e. The molecule has 1 aromatic rings. The van der Waals surface area contributed by atoms with Gasteiger partial charge in [-0.1, -0.05) is 13.8 Å². The highest BCUT2D eigenvalue weighted by atomic mass is 16.5. The van der Waals surface area contributed by atoms with Crippen molar-refractivity contribution in [2.24, 2.45) is 0 Å². The lowest BCUT2D eigenvalue weighted by Crippen LogP contribution is -2.18. The summed E-state index contributed by atoms with van der Waals surface area (Å²) >= 11 is 0. The summed E-state index contributed by atoms with van der Waals surface area (Å²) < 4.78 is 7.32. The predicted octanol–water partition coefficient (Wildman–Crippen LogP) is 2.73. The molecule has 90 valence electrons. The van der Waals surface area contributed by atoms with E-state index in [1.807, 2.05) is 20.8 Å². The zero-order valence-corrected chi connectivity index (χ0v) is 10.3. The summed E-state index contributed by atoms with van der Waals surface area (Å²) in [5, 5.41) is 4.27. The molecular weight excluding hydrogens is 204 g/mol. The highest BCUT2D eigenvalue weighted by Gasteiger charge is 2.17. The Morgan fingerprint density at radius 1 is 1.50 bits per heavy atom. The summed E-state index contributed by atoms with van der Waals surface area (Å²) in [6.07, 6.45) is 5.90. The Balaban J connectivity index is 0.000000606. The van der Waals surface area contributed by atoms with Gasteiger partial charge in [-0.15, -0.1) is 0 Å². The van der Waals surface area contributed by atoms with Gasteiger partial charge in [0.15, 0.2) is 6.29 Å². The van der Waals surface area contributed by atoms with E-state index in [0.717, 1.165) is 31.4 Å². The molecule has 0 amide bonds. The third-order valence-corrected chi connectivity index (χ3v) is 2.53. The van der Waals surface area contributed by atoms with Crippen LogP contribution in [0.4, 0.5) is 0 Å². The summed E-state index contributed by atoms with van der Waals surface area (Å²) in [4.78, 5) is 10.6. The van der Waals surface area contributed by atoms with E-state index in [1.165, 1.54) is 6.42 Å². The third-order valence-electron chi connectivity index (χ3n) is 2.53. The van der Waals surface area contributed by atoms with Crippen molar-refractivity contribution in [3.05, 3.63) is 17.5 Å². The molecule has 1 fully saturated rings. The van der Waals surface area contributed by atoms with Gasteiger partial charge in [0.1, 0.15) is 6.23 Å². The number of carbonyl (C=O) groups is 1. The molecule has 0 bridgehead atoms. The number of rotatable bonds is 2. The van der Waals surface area contributed by atoms with Crippen LogP contribution in [-0.4, -0.2) is 22.7 Å². The van der Waals surface area contributed by atoms with Gasteiger partial charge >= 0.3 is 0 Å². The van der Waals surface area contributed by atoms with Crippen LogP contribution in [0.5, 0.6) is 0 Å². The summed E-state index contributed by atoms with van der Waals surface area (Å²) in [5.74, 6) is 0. The number of nitrogens with zero attached hydrogens (tertiary/aromatic N) is 2. The van der Waals surface area contributed by atoms with Crippen LogP contribution in [0.25, 0.3) is 0 Å². The first kappa shape index (κ1) is 12.9. The van der Waals surface area contributed by atoms with Gasteiger partial charge in [-0.05, 0) is 26.2 Å². The van der Waals surface area contributed by atoms with Crippen LogP contribution < -0.4 is 0 Å². The minimum atomic E-state index is 0.0242. The Kier molecular flexibility index (Phi) is 5.19. The maximum absolute atomic E-state index is 10.6. The SMILES string of the molecule is CC.Cc1nn(C2CCCCO2)cc1C=O. The molecule has 1 aliphatic rings.